The molecule has 0 aromatic heterocycles. The lowest BCUT2D eigenvalue weighted by Crippen LogP contribution is -2.43. The van der Waals surface area contributed by atoms with Gasteiger partial charge in [-0.15, -0.1) is 6.58 Å². The fraction of sp³-hybridized carbons (Fsp3) is 0.600. The number of nitrogens with one attached hydrogen (secondary N) is 1. The minimum Gasteiger partial charge on any atom is -0.493 e. The molecule has 32 heavy (non-hydrogen) atoms. The normalized spacial score (nSPS) is 15.3. The summed E-state index contributed by atoms with van der Waals surface area (Å²) >= 11 is 0. The van der Waals surface area contributed by atoms with Crippen LogP contribution in [0.2, 0.25) is 0 Å². The molecule has 1 N–H and O–H groups in total. The van der Waals surface area contributed by atoms with Crippen LogP contribution in [0.5, 0.6) is 17.2 Å². The Morgan fingerprint density at radius 1 is 1.03 bits per heavy atom. The first-order chi connectivity index (χ1) is 15.5. The van der Waals surface area contributed by atoms with Crippen molar-refractivity contribution in [1.82, 2.24) is 4.90 Å². The molecule has 1 unspecified atom stereocenters. The average Bonchev–Trinajstić information content (AvgIpc) is 3.30. The molecule has 7 nitrogen and oxygen atoms in total. The summed E-state index contributed by atoms with van der Waals surface area (Å²) in [6.45, 7) is 4.38. The largest absolute Gasteiger partial charge is 0.493 e. The SMILES string of the molecule is C=CCCCCCCCCC(=O)N1CCCC1C(=O)Nc1cc(OC)c(OC)c(OC)c1. The molecule has 2 amide bonds. The van der Waals surface area contributed by atoms with E-state index in [1.54, 1.807) is 17.0 Å². The quantitative estimate of drug-likeness (QED) is 0.323. The number of benzene rings is 1. The third-order valence-corrected chi connectivity index (χ3v) is 5.86. The first-order valence-corrected chi connectivity index (χ1v) is 11.6. The molecule has 0 spiro atoms. The summed E-state index contributed by atoms with van der Waals surface area (Å²) in [5, 5.41) is 2.91. The Kier molecular flexibility index (Phi) is 10.9. The third kappa shape index (κ3) is 7.18. The van der Waals surface area contributed by atoms with Crippen molar-refractivity contribution in [2.75, 3.05) is 33.2 Å². The van der Waals surface area contributed by atoms with Crippen LogP contribution < -0.4 is 19.5 Å². The van der Waals surface area contributed by atoms with Crippen LogP contribution in [0.25, 0.3) is 0 Å². The topological polar surface area (TPSA) is 77.1 Å². The molecule has 1 atom stereocenters. The van der Waals surface area contributed by atoms with E-state index in [0.29, 0.717) is 42.3 Å². The molecule has 1 aliphatic heterocycles. The number of hydrogen-bond donors (Lipinski definition) is 1. The van der Waals surface area contributed by atoms with Crippen LogP contribution in [0.1, 0.15) is 64.2 Å². The molecular formula is C25H38N2O5. The molecule has 0 radical (unpaired) electrons. The monoisotopic (exact) mass is 446 g/mol. The predicted molar refractivity (Wildman–Crippen MR) is 127 cm³/mol. The van der Waals surface area contributed by atoms with E-state index in [0.717, 1.165) is 32.1 Å². The van der Waals surface area contributed by atoms with Crippen LogP contribution in [0.3, 0.4) is 0 Å². The van der Waals surface area contributed by atoms with Gasteiger partial charge < -0.3 is 24.4 Å². The van der Waals surface area contributed by atoms with Gasteiger partial charge >= 0.3 is 0 Å². The van der Waals surface area contributed by atoms with Crippen molar-refractivity contribution in [3.8, 4) is 17.2 Å². The number of methoxy groups -OCH3 is 3. The maximum atomic E-state index is 13.0. The number of nitrogens with zero attached hydrogens (tertiary/aromatic N) is 1. The van der Waals surface area contributed by atoms with Crippen molar-refractivity contribution >= 4 is 17.5 Å². The number of likely N-dealkylation sites (tertiary alicyclic amines) is 1. The van der Waals surface area contributed by atoms with E-state index >= 15 is 0 Å². The lowest BCUT2D eigenvalue weighted by atomic mass is 10.1. The van der Waals surface area contributed by atoms with E-state index < -0.39 is 6.04 Å². The average molecular weight is 447 g/mol. The van der Waals surface area contributed by atoms with E-state index in [4.69, 9.17) is 14.2 Å². The summed E-state index contributed by atoms with van der Waals surface area (Å²) in [5.41, 5.74) is 0.542. The lowest BCUT2D eigenvalue weighted by molar-refractivity contribution is -0.136. The molecule has 7 heteroatoms. The zero-order chi connectivity index (χ0) is 23.3. The van der Waals surface area contributed by atoms with Crippen molar-refractivity contribution < 1.29 is 23.8 Å². The summed E-state index contributed by atoms with van der Waals surface area (Å²) < 4.78 is 16.0. The summed E-state index contributed by atoms with van der Waals surface area (Å²) in [5.74, 6) is 1.27. The molecule has 178 valence electrons. The van der Waals surface area contributed by atoms with Gasteiger partial charge in [-0.05, 0) is 32.1 Å². The molecular weight excluding hydrogens is 408 g/mol. The highest BCUT2D eigenvalue weighted by molar-refractivity contribution is 5.98. The Morgan fingerprint density at radius 2 is 1.66 bits per heavy atom. The van der Waals surface area contributed by atoms with Crippen LogP contribution in [0.4, 0.5) is 5.69 Å². The minimum absolute atomic E-state index is 0.0687. The molecule has 1 fully saturated rings. The van der Waals surface area contributed by atoms with E-state index in [1.807, 2.05) is 6.08 Å². The van der Waals surface area contributed by atoms with Crippen LogP contribution in [0, 0.1) is 0 Å². The van der Waals surface area contributed by atoms with Crippen molar-refractivity contribution in [1.29, 1.82) is 0 Å². The maximum Gasteiger partial charge on any atom is 0.247 e. The smallest absolute Gasteiger partial charge is 0.247 e. The molecule has 2 rings (SSSR count). The van der Waals surface area contributed by atoms with Gasteiger partial charge in [0.25, 0.3) is 0 Å². The molecule has 1 heterocycles. The lowest BCUT2D eigenvalue weighted by Gasteiger charge is -2.24. The number of unbranched alkanes of at least 4 members (excludes halogenated alkanes) is 6. The predicted octanol–water partition coefficient (Wildman–Crippen LogP) is 4.95. The number of hydrogen-bond acceptors (Lipinski definition) is 5. The molecule has 0 bridgehead atoms. The highest BCUT2D eigenvalue weighted by atomic mass is 16.5. The Hall–Kier alpha value is -2.70. The van der Waals surface area contributed by atoms with Crippen LogP contribution >= 0.6 is 0 Å². The van der Waals surface area contributed by atoms with Gasteiger partial charge in [0.2, 0.25) is 17.6 Å². The van der Waals surface area contributed by atoms with Crippen LogP contribution in [0.15, 0.2) is 24.8 Å². The molecule has 0 aliphatic carbocycles. The van der Waals surface area contributed by atoms with Crippen molar-refractivity contribution in [3.05, 3.63) is 24.8 Å². The summed E-state index contributed by atoms with van der Waals surface area (Å²) in [6.07, 6.45) is 11.7. The highest BCUT2D eigenvalue weighted by Gasteiger charge is 2.33. The number of amides is 2. The number of carbonyl (C=O) groups is 2. The fourth-order valence-electron chi connectivity index (χ4n) is 4.13. The fourth-order valence-corrected chi connectivity index (χ4v) is 4.13. The van der Waals surface area contributed by atoms with Gasteiger partial charge in [-0.2, -0.15) is 0 Å². The second-order valence-corrected chi connectivity index (χ2v) is 8.10. The Balaban J connectivity index is 1.88. The summed E-state index contributed by atoms with van der Waals surface area (Å²) in [7, 11) is 4.59. The number of ether oxygens (including phenoxy) is 3. The summed E-state index contributed by atoms with van der Waals surface area (Å²) in [6, 6.07) is 2.94. The van der Waals surface area contributed by atoms with Crippen molar-refractivity contribution in [3.63, 3.8) is 0 Å². The first kappa shape index (κ1) is 25.6. The third-order valence-electron chi connectivity index (χ3n) is 5.86. The number of rotatable bonds is 14. The van der Waals surface area contributed by atoms with Gasteiger partial charge in [0, 0.05) is 30.8 Å². The van der Waals surface area contributed by atoms with Gasteiger partial charge in [0.05, 0.1) is 21.3 Å². The van der Waals surface area contributed by atoms with E-state index in [1.165, 1.54) is 40.6 Å². The molecule has 0 saturated carbocycles. The van der Waals surface area contributed by atoms with Crippen LogP contribution in [-0.4, -0.2) is 50.6 Å². The zero-order valence-electron chi connectivity index (χ0n) is 19.8. The second-order valence-electron chi connectivity index (χ2n) is 8.10. The van der Waals surface area contributed by atoms with Crippen molar-refractivity contribution in [2.24, 2.45) is 0 Å². The minimum atomic E-state index is -0.444. The Bertz CT molecular complexity index is 740. The number of anilines is 1. The Labute approximate surface area is 192 Å². The summed E-state index contributed by atoms with van der Waals surface area (Å²) in [4.78, 5) is 27.4. The standard InChI is InChI=1S/C25H38N2O5/c1-5-6-7-8-9-10-11-12-15-23(28)27-16-13-14-20(27)25(29)26-19-17-21(30-2)24(32-4)22(18-19)31-3/h5,17-18,20H,1,6-16H2,2-4H3,(H,26,29). The van der Waals surface area contributed by atoms with Gasteiger partial charge in [-0.1, -0.05) is 31.8 Å². The highest BCUT2D eigenvalue weighted by Crippen LogP contribution is 2.40. The molecule has 1 aromatic rings. The van der Waals surface area contributed by atoms with Gasteiger partial charge in [0.15, 0.2) is 11.5 Å². The van der Waals surface area contributed by atoms with E-state index in [2.05, 4.69) is 11.9 Å². The first-order valence-electron chi connectivity index (χ1n) is 11.6. The number of carbonyl (C=O) groups excluding carboxylic acids is 2. The molecule has 1 saturated heterocycles. The Morgan fingerprint density at radius 3 is 2.25 bits per heavy atom. The van der Waals surface area contributed by atoms with E-state index in [9.17, 15) is 9.59 Å². The van der Waals surface area contributed by atoms with Crippen molar-refractivity contribution in [2.45, 2.75) is 70.3 Å². The van der Waals surface area contributed by atoms with E-state index in [-0.39, 0.29) is 11.8 Å². The molecule has 1 aromatic carbocycles. The van der Waals surface area contributed by atoms with Crippen LogP contribution in [-0.2, 0) is 9.59 Å². The van der Waals surface area contributed by atoms with Gasteiger partial charge in [-0.25, -0.2) is 0 Å². The van der Waals surface area contributed by atoms with Gasteiger partial charge in [0.1, 0.15) is 6.04 Å². The van der Waals surface area contributed by atoms with Gasteiger partial charge in [-0.3, -0.25) is 9.59 Å². The molecule has 1 aliphatic rings. The number of allylic oxidation sites excluding steroid dienone is 1. The second kappa shape index (κ2) is 13.7. The zero-order valence-corrected chi connectivity index (χ0v) is 19.8. The maximum absolute atomic E-state index is 13.0.